The number of hydrogen-bond donors (Lipinski definition) is 4. The summed E-state index contributed by atoms with van der Waals surface area (Å²) in [5, 5.41) is 33.4. The number of hydrogen-bond acceptors (Lipinski definition) is 14. The van der Waals surface area contributed by atoms with Crippen LogP contribution in [0.3, 0.4) is 0 Å². The molecule has 5 aromatic rings. The van der Waals surface area contributed by atoms with Gasteiger partial charge in [0.2, 0.25) is 0 Å². The predicted octanol–water partition coefficient (Wildman–Crippen LogP) is 2.64. The number of aromatic hydroxyl groups is 2. The molecule has 17 heteroatoms. The first-order chi connectivity index (χ1) is 24.7. The molecule has 2 amide bonds. The zero-order valence-electron chi connectivity index (χ0n) is 28.0. The van der Waals surface area contributed by atoms with E-state index in [1.54, 1.807) is 12.1 Å². The molecule has 270 valence electrons. The summed E-state index contributed by atoms with van der Waals surface area (Å²) < 4.78 is 30.1. The zero-order chi connectivity index (χ0) is 37.3. The molecule has 17 nitrogen and oxygen atoms in total. The molecule has 3 aromatic carbocycles. The highest BCUT2D eigenvalue weighted by Gasteiger charge is 2.54. The Balaban J connectivity index is 1.65. The summed E-state index contributed by atoms with van der Waals surface area (Å²) in [6, 6.07) is 8.94. The number of H-pyrrole nitrogens is 1. The molecule has 0 saturated carbocycles. The van der Waals surface area contributed by atoms with E-state index in [0.717, 1.165) is 27.7 Å². The van der Waals surface area contributed by atoms with Crippen molar-refractivity contribution in [1.29, 1.82) is 0 Å². The van der Waals surface area contributed by atoms with Crippen LogP contribution in [0.2, 0.25) is 0 Å². The van der Waals surface area contributed by atoms with Crippen LogP contribution >= 0.6 is 0 Å². The summed E-state index contributed by atoms with van der Waals surface area (Å²) in [6.45, 7) is 2.88. The maximum Gasteiger partial charge on any atom is 0.303 e. The number of aromatic nitrogens is 2. The fraction of sp³-hybridized carbons (Fsp3) is 0.314. The fourth-order valence-electron chi connectivity index (χ4n) is 7.32. The molecule has 4 heterocycles. The Morgan fingerprint density at radius 2 is 1.31 bits per heavy atom. The molecule has 2 aliphatic rings. The quantitative estimate of drug-likeness (QED) is 0.108. The summed E-state index contributed by atoms with van der Waals surface area (Å²) >= 11 is 0. The number of phenols is 2. The Morgan fingerprint density at radius 1 is 0.731 bits per heavy atom. The lowest BCUT2D eigenvalue weighted by molar-refractivity contribution is -0.267. The number of para-hydroxylation sites is 2. The molecular weight excluding hydrogens is 686 g/mol. The summed E-state index contributed by atoms with van der Waals surface area (Å²) in [4.78, 5) is 81.3. The van der Waals surface area contributed by atoms with Crippen molar-refractivity contribution in [3.63, 3.8) is 0 Å². The van der Waals surface area contributed by atoms with Crippen molar-refractivity contribution in [3.8, 4) is 11.5 Å². The predicted molar refractivity (Wildman–Crippen MR) is 177 cm³/mol. The van der Waals surface area contributed by atoms with Gasteiger partial charge in [-0.1, -0.05) is 24.3 Å². The highest BCUT2D eigenvalue weighted by atomic mass is 16.7. The fourth-order valence-corrected chi connectivity index (χ4v) is 7.32. The van der Waals surface area contributed by atoms with Crippen molar-refractivity contribution in [3.05, 3.63) is 47.5 Å². The van der Waals surface area contributed by atoms with Gasteiger partial charge in [-0.25, -0.2) is 0 Å². The number of aliphatic hydroxyl groups is 1. The van der Waals surface area contributed by atoms with Gasteiger partial charge in [-0.2, -0.15) is 0 Å². The third-order valence-corrected chi connectivity index (χ3v) is 9.08. The van der Waals surface area contributed by atoms with Crippen LogP contribution in [0.25, 0.3) is 43.6 Å². The number of imide groups is 1. The monoisotopic (exact) mass is 717 g/mol. The summed E-state index contributed by atoms with van der Waals surface area (Å²) in [6.07, 6.45) is -7.69. The Bertz CT molecular complexity index is 2390. The van der Waals surface area contributed by atoms with Gasteiger partial charge in [-0.3, -0.25) is 33.7 Å². The number of benzene rings is 3. The largest absolute Gasteiger partial charge is 0.506 e. The van der Waals surface area contributed by atoms with Crippen molar-refractivity contribution in [2.24, 2.45) is 0 Å². The van der Waals surface area contributed by atoms with Gasteiger partial charge in [0.15, 0.2) is 24.5 Å². The van der Waals surface area contributed by atoms with Crippen LogP contribution in [0.15, 0.2) is 36.4 Å². The molecule has 7 rings (SSSR count). The smallest absolute Gasteiger partial charge is 0.303 e. The van der Waals surface area contributed by atoms with E-state index in [1.165, 1.54) is 28.8 Å². The number of fused-ring (bicyclic) bond motifs is 10. The van der Waals surface area contributed by atoms with Gasteiger partial charge in [0, 0.05) is 49.2 Å². The lowest BCUT2D eigenvalue weighted by atomic mass is 9.96. The molecule has 52 heavy (non-hydrogen) atoms. The van der Waals surface area contributed by atoms with Crippen LogP contribution in [0.5, 0.6) is 11.5 Å². The van der Waals surface area contributed by atoms with Gasteiger partial charge in [0.05, 0.1) is 33.2 Å². The molecule has 0 radical (unpaired) electrons. The van der Waals surface area contributed by atoms with Crippen molar-refractivity contribution in [2.75, 3.05) is 13.3 Å². The minimum Gasteiger partial charge on any atom is -0.506 e. The molecule has 0 aliphatic carbocycles. The Hall–Kier alpha value is -6.20. The summed E-state index contributed by atoms with van der Waals surface area (Å²) in [5.41, 5.74) is 0.224. The van der Waals surface area contributed by atoms with Gasteiger partial charge in [0.25, 0.3) is 11.8 Å². The van der Waals surface area contributed by atoms with Gasteiger partial charge >= 0.3 is 23.9 Å². The van der Waals surface area contributed by atoms with Crippen LogP contribution in [0, 0.1) is 0 Å². The summed E-state index contributed by atoms with van der Waals surface area (Å²) in [5.74, 6) is -5.53. The minimum atomic E-state index is -1.63. The highest BCUT2D eigenvalue weighted by molar-refractivity contribution is 6.39. The third kappa shape index (κ3) is 5.15. The number of nitrogens with one attached hydrogen (secondary N) is 1. The number of aromatic amines is 1. The van der Waals surface area contributed by atoms with Crippen LogP contribution in [0.4, 0.5) is 0 Å². The highest BCUT2D eigenvalue weighted by Crippen LogP contribution is 2.50. The number of carbonyl (C=O) groups is 6. The standard InChI is InChI=1S/C35H31N3O14/c1-13(40)48-11-21-30(49-14(2)41)31(50-15(3)42)32(51-16(4)43)35(52-21)38-28-18(8-6-10-20(28)45)23-25-24(33(46)37(12-39)34(25)47)22-17-7-5-9-19(44)26(17)36-27(22)29(23)38/h5-10,21,30-32,35-36,39,44-45H,11-12H2,1-4H3/t21-,30-,31+,32-,35-/m1/s1. The topological polar surface area (TPSA) is 233 Å². The molecule has 0 unspecified atom stereocenters. The normalized spacial score (nSPS) is 21.6. The number of nitrogens with zero attached hydrogens (tertiary/aromatic N) is 2. The minimum absolute atomic E-state index is 0.00123. The van der Waals surface area contributed by atoms with Gasteiger partial charge < -0.3 is 48.6 Å². The van der Waals surface area contributed by atoms with Crippen LogP contribution < -0.4 is 0 Å². The molecule has 5 atom stereocenters. The number of esters is 4. The number of ether oxygens (including phenoxy) is 5. The van der Waals surface area contributed by atoms with E-state index < -0.39 is 79.7 Å². The van der Waals surface area contributed by atoms with Gasteiger partial charge in [0.1, 0.15) is 30.9 Å². The number of aliphatic hydroxyl groups excluding tert-OH is 1. The number of rotatable bonds is 7. The number of amides is 2. The second-order valence-electron chi connectivity index (χ2n) is 12.4. The van der Waals surface area contributed by atoms with E-state index in [1.807, 2.05) is 0 Å². The Morgan fingerprint density at radius 3 is 1.92 bits per heavy atom. The van der Waals surface area contributed by atoms with Crippen molar-refractivity contribution in [2.45, 2.75) is 58.3 Å². The molecule has 1 fully saturated rings. The molecule has 4 N–H and O–H groups in total. The maximum atomic E-state index is 14.0. The summed E-state index contributed by atoms with van der Waals surface area (Å²) in [7, 11) is 0. The first kappa shape index (κ1) is 34.3. The molecule has 2 aliphatic heterocycles. The van der Waals surface area contributed by atoms with Gasteiger partial charge in [-0.05, 0) is 12.1 Å². The molecule has 0 spiro atoms. The third-order valence-electron chi connectivity index (χ3n) is 9.08. The van der Waals surface area contributed by atoms with E-state index in [0.29, 0.717) is 10.3 Å². The lowest BCUT2D eigenvalue weighted by Crippen LogP contribution is -2.60. The first-order valence-corrected chi connectivity index (χ1v) is 16.0. The van der Waals surface area contributed by atoms with E-state index in [2.05, 4.69) is 4.98 Å². The molecule has 0 bridgehead atoms. The zero-order valence-corrected chi connectivity index (χ0v) is 28.0. The van der Waals surface area contributed by atoms with E-state index in [4.69, 9.17) is 23.7 Å². The van der Waals surface area contributed by atoms with E-state index in [9.17, 15) is 44.1 Å². The van der Waals surface area contributed by atoms with Crippen molar-refractivity contribution < 1.29 is 67.8 Å². The average Bonchev–Trinajstić information content (AvgIpc) is 3.70. The first-order valence-electron chi connectivity index (χ1n) is 16.0. The Labute approximate surface area is 292 Å². The SMILES string of the molecule is CC(=O)OC[C@H]1O[C@@H](n2c3c(O)cccc3c3c4c(c5c6cccc(O)c6[nH]c5c32)C(=O)N(CO)C4=O)[C@H](OC(C)=O)[C@@H](OC(C)=O)[C@@H]1OC(C)=O. The van der Waals surface area contributed by atoms with Crippen molar-refractivity contribution >= 4 is 79.3 Å². The molecule has 1 saturated heterocycles. The van der Waals surface area contributed by atoms with Crippen LogP contribution in [-0.4, -0.2) is 103 Å². The van der Waals surface area contributed by atoms with Crippen molar-refractivity contribution in [1.82, 2.24) is 14.5 Å². The van der Waals surface area contributed by atoms with Crippen LogP contribution in [0.1, 0.15) is 54.6 Å². The second-order valence-corrected chi connectivity index (χ2v) is 12.4. The second kappa shape index (κ2) is 12.5. The Kier molecular flexibility index (Phi) is 8.26. The molecule has 2 aromatic heterocycles. The van der Waals surface area contributed by atoms with Crippen LogP contribution in [-0.2, 0) is 42.9 Å². The number of phenolic OH excluding ortho intramolecular Hbond substituents is 2. The average molecular weight is 718 g/mol. The van der Waals surface area contributed by atoms with Gasteiger partial charge in [-0.15, -0.1) is 0 Å². The van der Waals surface area contributed by atoms with E-state index in [-0.39, 0.29) is 60.9 Å². The van der Waals surface area contributed by atoms with E-state index >= 15 is 0 Å². The number of carbonyl (C=O) groups excluding carboxylic acids is 6. The molecular formula is C35H31N3O14. The lowest BCUT2D eigenvalue weighted by Gasteiger charge is -2.45. The maximum absolute atomic E-state index is 14.0.